The maximum absolute atomic E-state index is 12.4. The van der Waals surface area contributed by atoms with E-state index < -0.39 is 21.6 Å². The average Bonchev–Trinajstić information content (AvgIpc) is 2.26. The minimum Gasteiger partial charge on any atom is -0.350 e. The van der Waals surface area contributed by atoms with Crippen LogP contribution in [0.4, 0.5) is 0 Å². The minimum absolute atomic E-state index is 0.336. The van der Waals surface area contributed by atoms with E-state index in [4.69, 9.17) is 0 Å². The van der Waals surface area contributed by atoms with Crippen molar-refractivity contribution in [1.82, 2.24) is 9.62 Å². The summed E-state index contributed by atoms with van der Waals surface area (Å²) in [5.74, 6) is -0.336. The molecular weight excluding hydrogens is 276 g/mol. The summed E-state index contributed by atoms with van der Waals surface area (Å²) in [5.41, 5.74) is 0.213. The van der Waals surface area contributed by atoms with Gasteiger partial charge in [0.15, 0.2) is 0 Å². The van der Waals surface area contributed by atoms with Crippen molar-refractivity contribution >= 4 is 15.9 Å². The molecule has 0 saturated heterocycles. The van der Waals surface area contributed by atoms with E-state index in [9.17, 15) is 13.2 Å². The Hall–Kier alpha value is -1.40. The molecule has 5 nitrogen and oxygen atoms in total. The number of carbonyl (C=O) groups excluding carboxylic acids is 1. The molecule has 1 rings (SSSR count). The number of sulfonamides is 1. The summed E-state index contributed by atoms with van der Waals surface area (Å²) in [6.07, 6.45) is 1.09. The molecule has 6 heteroatoms. The van der Waals surface area contributed by atoms with E-state index in [-0.39, 0.29) is 5.91 Å². The summed E-state index contributed by atoms with van der Waals surface area (Å²) in [4.78, 5) is 12.4. The zero-order chi connectivity index (χ0) is 15.6. The second-order valence-corrected chi connectivity index (χ2v) is 7.87. The molecule has 112 valence electrons. The Labute approximate surface area is 121 Å². The molecule has 0 fully saturated rings. The topological polar surface area (TPSA) is 66.5 Å². The maximum Gasteiger partial charge on any atom is 0.243 e. The van der Waals surface area contributed by atoms with Crippen LogP contribution in [0.2, 0.25) is 0 Å². The highest BCUT2D eigenvalue weighted by molar-refractivity contribution is 7.88. The highest BCUT2D eigenvalue weighted by Crippen LogP contribution is 2.22. The van der Waals surface area contributed by atoms with Crippen LogP contribution < -0.4 is 5.32 Å². The van der Waals surface area contributed by atoms with Gasteiger partial charge in [-0.05, 0) is 26.3 Å². The Bertz CT molecular complexity index is 562. The highest BCUT2D eigenvalue weighted by atomic mass is 32.2. The molecule has 0 spiro atoms. The predicted molar refractivity (Wildman–Crippen MR) is 79.7 cm³/mol. The lowest BCUT2D eigenvalue weighted by Gasteiger charge is -2.29. The van der Waals surface area contributed by atoms with E-state index in [1.807, 2.05) is 26.8 Å². The molecular formula is C14H22N2O3S. The van der Waals surface area contributed by atoms with Crippen molar-refractivity contribution in [3.8, 4) is 0 Å². The van der Waals surface area contributed by atoms with Gasteiger partial charge in [-0.15, -0.1) is 0 Å². The van der Waals surface area contributed by atoms with E-state index in [1.54, 1.807) is 24.3 Å². The number of benzene rings is 1. The second kappa shape index (κ2) is 5.93. The third-order valence-corrected chi connectivity index (χ3v) is 4.01. The van der Waals surface area contributed by atoms with E-state index in [1.165, 1.54) is 7.05 Å². The molecule has 0 heterocycles. The van der Waals surface area contributed by atoms with Crippen LogP contribution in [0.3, 0.4) is 0 Å². The first-order valence-electron chi connectivity index (χ1n) is 6.32. The molecule has 1 unspecified atom stereocenters. The molecule has 20 heavy (non-hydrogen) atoms. The Morgan fingerprint density at radius 3 is 2.10 bits per heavy atom. The van der Waals surface area contributed by atoms with E-state index >= 15 is 0 Å². The first-order valence-corrected chi connectivity index (χ1v) is 8.17. The normalized spacial score (nSPS) is 14.1. The number of hydrogen-bond donors (Lipinski definition) is 1. The first kappa shape index (κ1) is 16.7. The van der Waals surface area contributed by atoms with E-state index in [0.29, 0.717) is 5.56 Å². The third-order valence-electron chi connectivity index (χ3n) is 2.75. The Morgan fingerprint density at radius 1 is 1.20 bits per heavy atom. The van der Waals surface area contributed by atoms with Gasteiger partial charge in [0.05, 0.1) is 6.26 Å². The smallest absolute Gasteiger partial charge is 0.243 e. The number of nitrogens with one attached hydrogen (secondary N) is 1. The van der Waals surface area contributed by atoms with Gasteiger partial charge in [-0.1, -0.05) is 30.3 Å². The van der Waals surface area contributed by atoms with Gasteiger partial charge < -0.3 is 5.32 Å². The molecule has 1 N–H and O–H groups in total. The van der Waals surface area contributed by atoms with E-state index in [0.717, 1.165) is 10.6 Å². The van der Waals surface area contributed by atoms with E-state index in [2.05, 4.69) is 5.32 Å². The van der Waals surface area contributed by atoms with Crippen molar-refractivity contribution in [2.45, 2.75) is 32.4 Å². The van der Waals surface area contributed by atoms with Gasteiger partial charge in [0.1, 0.15) is 6.04 Å². The van der Waals surface area contributed by atoms with Crippen LogP contribution in [-0.4, -0.2) is 37.5 Å². The van der Waals surface area contributed by atoms with Crippen LogP contribution in [0.25, 0.3) is 0 Å². The Morgan fingerprint density at radius 2 is 1.70 bits per heavy atom. The largest absolute Gasteiger partial charge is 0.350 e. The molecule has 0 radical (unpaired) electrons. The molecule has 0 bridgehead atoms. The second-order valence-electron chi connectivity index (χ2n) is 5.83. The molecule has 1 atom stereocenters. The van der Waals surface area contributed by atoms with Crippen molar-refractivity contribution in [2.75, 3.05) is 13.3 Å². The standard InChI is InChI=1S/C14H22N2O3S/c1-14(2,3)15-13(17)12(16(4)20(5,18)19)11-9-7-6-8-10-11/h6-10,12H,1-5H3,(H,15,17). The molecule has 0 aromatic heterocycles. The van der Waals surface area contributed by atoms with Crippen molar-refractivity contribution in [2.24, 2.45) is 0 Å². The molecule has 0 aliphatic heterocycles. The van der Waals surface area contributed by atoms with Crippen LogP contribution in [0, 0.1) is 0 Å². The quantitative estimate of drug-likeness (QED) is 0.917. The number of likely N-dealkylation sites (N-methyl/N-ethyl adjacent to an activating group) is 1. The summed E-state index contributed by atoms with van der Waals surface area (Å²) in [6.45, 7) is 5.56. The first-order chi connectivity index (χ1) is 9.02. The van der Waals surface area contributed by atoms with Crippen LogP contribution in [-0.2, 0) is 14.8 Å². The zero-order valence-electron chi connectivity index (χ0n) is 12.5. The van der Waals surface area contributed by atoms with Gasteiger partial charge in [0, 0.05) is 12.6 Å². The zero-order valence-corrected chi connectivity index (χ0v) is 13.4. The van der Waals surface area contributed by atoms with Crippen molar-refractivity contribution < 1.29 is 13.2 Å². The lowest BCUT2D eigenvalue weighted by molar-refractivity contribution is -0.126. The van der Waals surface area contributed by atoms with Gasteiger partial charge in [0.25, 0.3) is 0 Å². The lowest BCUT2D eigenvalue weighted by Crippen LogP contribution is -2.48. The fourth-order valence-corrected chi connectivity index (χ4v) is 2.39. The van der Waals surface area contributed by atoms with Crippen LogP contribution in [0.1, 0.15) is 32.4 Å². The van der Waals surface area contributed by atoms with Crippen molar-refractivity contribution in [3.63, 3.8) is 0 Å². The fourth-order valence-electron chi connectivity index (χ4n) is 1.79. The predicted octanol–water partition coefficient (Wildman–Crippen LogP) is 1.53. The number of carbonyl (C=O) groups is 1. The monoisotopic (exact) mass is 298 g/mol. The summed E-state index contributed by atoms with van der Waals surface area (Å²) >= 11 is 0. The lowest BCUT2D eigenvalue weighted by atomic mass is 10.0. The third kappa shape index (κ3) is 4.61. The van der Waals surface area contributed by atoms with Gasteiger partial charge >= 0.3 is 0 Å². The molecule has 1 aromatic carbocycles. The molecule has 1 aromatic rings. The van der Waals surface area contributed by atoms with Gasteiger partial charge in [0.2, 0.25) is 15.9 Å². The molecule has 0 aliphatic rings. The SMILES string of the molecule is CN(C(C(=O)NC(C)(C)C)c1ccccc1)S(C)(=O)=O. The number of nitrogens with zero attached hydrogens (tertiary/aromatic N) is 1. The average molecular weight is 298 g/mol. The highest BCUT2D eigenvalue weighted by Gasteiger charge is 2.32. The van der Waals surface area contributed by atoms with Gasteiger partial charge in [-0.25, -0.2) is 8.42 Å². The Kier molecular flexibility index (Phi) is 4.94. The minimum atomic E-state index is -3.48. The number of rotatable bonds is 4. The fraction of sp³-hybridized carbons (Fsp3) is 0.500. The Balaban J connectivity index is 3.19. The summed E-state index contributed by atoms with van der Waals surface area (Å²) in [7, 11) is -2.07. The van der Waals surface area contributed by atoms with Crippen LogP contribution in [0.15, 0.2) is 30.3 Å². The summed E-state index contributed by atoms with van der Waals surface area (Å²) in [5, 5.41) is 2.83. The van der Waals surface area contributed by atoms with Crippen LogP contribution >= 0.6 is 0 Å². The van der Waals surface area contributed by atoms with Gasteiger partial charge in [-0.2, -0.15) is 4.31 Å². The molecule has 0 aliphatic carbocycles. The number of amides is 1. The molecule has 1 amide bonds. The number of hydrogen-bond acceptors (Lipinski definition) is 3. The van der Waals surface area contributed by atoms with Crippen LogP contribution in [0.5, 0.6) is 0 Å². The summed E-state index contributed by atoms with van der Waals surface area (Å²) in [6, 6.07) is 8.00. The van der Waals surface area contributed by atoms with Gasteiger partial charge in [-0.3, -0.25) is 4.79 Å². The molecule has 0 saturated carbocycles. The summed E-state index contributed by atoms with van der Waals surface area (Å²) < 4.78 is 24.6. The van der Waals surface area contributed by atoms with Crippen molar-refractivity contribution in [3.05, 3.63) is 35.9 Å². The maximum atomic E-state index is 12.4. The van der Waals surface area contributed by atoms with Crippen molar-refractivity contribution in [1.29, 1.82) is 0 Å².